The number of benzene rings is 1. The van der Waals surface area contributed by atoms with E-state index in [0.717, 1.165) is 6.42 Å². The second kappa shape index (κ2) is 3.82. The molecule has 1 aromatic rings. The Morgan fingerprint density at radius 1 is 1.31 bits per heavy atom. The van der Waals surface area contributed by atoms with Crippen LogP contribution in [0.1, 0.15) is 25.0 Å². The first-order valence-corrected chi connectivity index (χ1v) is 4.74. The predicted octanol–water partition coefficient (Wildman–Crippen LogP) is 2.28. The lowest BCUT2D eigenvalue weighted by Crippen LogP contribution is -2.16. The Balaban J connectivity index is 2.87. The lowest BCUT2D eigenvalue weighted by Gasteiger charge is -2.18. The van der Waals surface area contributed by atoms with E-state index in [2.05, 4.69) is 52.5 Å². The molecule has 0 bridgehead atoms. The Morgan fingerprint density at radius 2 is 1.85 bits per heavy atom. The molecule has 68 valence electrons. The van der Waals surface area contributed by atoms with E-state index < -0.39 is 0 Å². The predicted molar refractivity (Wildman–Crippen MR) is 61.9 cm³/mol. The van der Waals surface area contributed by atoms with Gasteiger partial charge in [0.1, 0.15) is 7.85 Å². The van der Waals surface area contributed by atoms with Gasteiger partial charge in [-0.15, -0.1) is 6.58 Å². The van der Waals surface area contributed by atoms with Crippen LogP contribution in [0.25, 0.3) is 0 Å². The van der Waals surface area contributed by atoms with E-state index in [4.69, 9.17) is 0 Å². The van der Waals surface area contributed by atoms with Crippen LogP contribution in [0, 0.1) is 0 Å². The summed E-state index contributed by atoms with van der Waals surface area (Å²) in [6, 6.07) is 8.78. The van der Waals surface area contributed by atoms with Crippen LogP contribution in [-0.4, -0.2) is 7.85 Å². The average molecular weight is 172 g/mol. The Morgan fingerprint density at radius 3 is 2.23 bits per heavy atom. The average Bonchev–Trinajstić information content (AvgIpc) is 2.04. The van der Waals surface area contributed by atoms with Crippen molar-refractivity contribution in [2.24, 2.45) is 0 Å². The highest BCUT2D eigenvalue weighted by Gasteiger charge is 2.12. The van der Waals surface area contributed by atoms with E-state index in [1.807, 2.05) is 6.08 Å². The summed E-state index contributed by atoms with van der Waals surface area (Å²) in [4.78, 5) is 0. The van der Waals surface area contributed by atoms with E-state index in [1.54, 1.807) is 0 Å². The lowest BCUT2D eigenvalue weighted by molar-refractivity contribution is 0.763. The largest absolute Gasteiger partial charge is 0.114 e. The Labute approximate surface area is 82.1 Å². The van der Waals surface area contributed by atoms with Crippen molar-refractivity contribution in [3.63, 3.8) is 0 Å². The summed E-state index contributed by atoms with van der Waals surface area (Å²) in [6.45, 7) is 8.19. The fourth-order valence-corrected chi connectivity index (χ4v) is 1.31. The summed E-state index contributed by atoms with van der Waals surface area (Å²) in [5.41, 5.74) is 2.73. The molecule has 0 amide bonds. The molecule has 1 rings (SSSR count). The van der Waals surface area contributed by atoms with Gasteiger partial charge < -0.3 is 0 Å². The molecule has 0 N–H and O–H groups in total. The number of rotatable bonds is 3. The normalized spacial score (nSPS) is 11.2. The molecular formula is C12H17B. The van der Waals surface area contributed by atoms with Gasteiger partial charge in [0.15, 0.2) is 0 Å². The van der Waals surface area contributed by atoms with Gasteiger partial charge >= 0.3 is 0 Å². The van der Waals surface area contributed by atoms with E-state index >= 15 is 0 Å². The van der Waals surface area contributed by atoms with E-state index in [9.17, 15) is 0 Å². The Hall–Kier alpha value is -0.975. The van der Waals surface area contributed by atoms with E-state index in [1.165, 1.54) is 11.1 Å². The van der Waals surface area contributed by atoms with Gasteiger partial charge in [-0.3, -0.25) is 0 Å². The van der Waals surface area contributed by atoms with Crippen molar-refractivity contribution in [2.45, 2.75) is 25.6 Å². The first-order chi connectivity index (χ1) is 6.04. The molecule has 0 fully saturated rings. The minimum atomic E-state index is 0.257. The number of hydrogen-bond acceptors (Lipinski definition) is 0. The van der Waals surface area contributed by atoms with Crippen molar-refractivity contribution in [3.05, 3.63) is 48.0 Å². The summed E-state index contributed by atoms with van der Waals surface area (Å²) in [5.74, 6) is 0. The van der Waals surface area contributed by atoms with Crippen molar-refractivity contribution in [1.82, 2.24) is 0 Å². The van der Waals surface area contributed by atoms with Gasteiger partial charge in [-0.2, -0.15) is 0 Å². The molecule has 0 aliphatic heterocycles. The van der Waals surface area contributed by atoms with Gasteiger partial charge in [-0.1, -0.05) is 49.8 Å². The topological polar surface area (TPSA) is 0 Å². The van der Waals surface area contributed by atoms with Gasteiger partial charge in [0.25, 0.3) is 0 Å². The van der Waals surface area contributed by atoms with Crippen LogP contribution in [-0.2, 0) is 11.7 Å². The summed E-state index contributed by atoms with van der Waals surface area (Å²) in [6.07, 6.45) is 2.90. The molecule has 0 aliphatic carbocycles. The Bertz CT molecular complexity index is 277. The van der Waals surface area contributed by atoms with Crippen LogP contribution in [0.5, 0.6) is 0 Å². The molecule has 0 saturated carbocycles. The third-order valence-corrected chi connectivity index (χ3v) is 2.20. The van der Waals surface area contributed by atoms with Crippen LogP contribution < -0.4 is 0 Å². The molecule has 0 aromatic heterocycles. The maximum absolute atomic E-state index is 3.73. The zero-order valence-electron chi connectivity index (χ0n) is 8.80. The SMILES string of the molecule is BC(C)(C)c1ccc(CC=C)cc1. The molecule has 0 saturated heterocycles. The van der Waals surface area contributed by atoms with Crippen LogP contribution in [0.4, 0.5) is 0 Å². The van der Waals surface area contributed by atoms with Gasteiger partial charge in [0.05, 0.1) is 0 Å². The van der Waals surface area contributed by atoms with Crippen LogP contribution in [0.15, 0.2) is 36.9 Å². The molecule has 0 nitrogen and oxygen atoms in total. The fraction of sp³-hybridized carbons (Fsp3) is 0.333. The summed E-state index contributed by atoms with van der Waals surface area (Å²) >= 11 is 0. The summed E-state index contributed by atoms with van der Waals surface area (Å²) < 4.78 is 0. The molecule has 0 heterocycles. The van der Waals surface area contributed by atoms with Gasteiger partial charge in [0, 0.05) is 0 Å². The first kappa shape index (κ1) is 10.1. The Kier molecular flexibility index (Phi) is 2.97. The highest BCUT2D eigenvalue weighted by Crippen LogP contribution is 2.19. The van der Waals surface area contributed by atoms with Crippen LogP contribution in [0.2, 0.25) is 0 Å². The first-order valence-electron chi connectivity index (χ1n) is 4.74. The molecule has 0 atom stereocenters. The number of allylic oxidation sites excluding steroid dienone is 1. The van der Waals surface area contributed by atoms with Crippen molar-refractivity contribution >= 4 is 7.85 Å². The fourth-order valence-electron chi connectivity index (χ4n) is 1.31. The van der Waals surface area contributed by atoms with Gasteiger partial charge in [-0.25, -0.2) is 0 Å². The summed E-state index contributed by atoms with van der Waals surface area (Å²) in [7, 11) is 2.23. The van der Waals surface area contributed by atoms with Crippen molar-refractivity contribution in [2.75, 3.05) is 0 Å². The quantitative estimate of drug-likeness (QED) is 0.484. The molecule has 1 heteroatoms. The minimum absolute atomic E-state index is 0.257. The molecular weight excluding hydrogens is 155 g/mol. The third-order valence-electron chi connectivity index (χ3n) is 2.20. The highest BCUT2D eigenvalue weighted by molar-refractivity contribution is 6.15. The van der Waals surface area contributed by atoms with Crippen molar-refractivity contribution < 1.29 is 0 Å². The molecule has 0 aliphatic rings. The van der Waals surface area contributed by atoms with Crippen LogP contribution in [0.3, 0.4) is 0 Å². The molecule has 0 spiro atoms. The molecule has 0 unspecified atom stereocenters. The van der Waals surface area contributed by atoms with E-state index in [-0.39, 0.29) is 5.31 Å². The summed E-state index contributed by atoms with van der Waals surface area (Å²) in [5, 5.41) is 0.257. The zero-order chi connectivity index (χ0) is 9.90. The van der Waals surface area contributed by atoms with Crippen molar-refractivity contribution in [3.8, 4) is 0 Å². The van der Waals surface area contributed by atoms with Gasteiger partial charge in [-0.05, 0) is 17.3 Å². The minimum Gasteiger partial charge on any atom is -0.103 e. The van der Waals surface area contributed by atoms with Crippen molar-refractivity contribution in [1.29, 1.82) is 0 Å². The standard InChI is InChI=1S/C12H17B/c1-4-5-10-6-8-11(9-7-10)12(2,3)13/h4,6-9H,1,5,13H2,2-3H3. The number of hydrogen-bond donors (Lipinski definition) is 0. The molecule has 1 aromatic carbocycles. The van der Waals surface area contributed by atoms with Crippen LogP contribution >= 0.6 is 0 Å². The lowest BCUT2D eigenvalue weighted by atomic mass is 9.67. The zero-order valence-corrected chi connectivity index (χ0v) is 8.80. The molecule has 13 heavy (non-hydrogen) atoms. The second-order valence-corrected chi connectivity index (χ2v) is 4.44. The smallest absolute Gasteiger partial charge is 0.103 e. The third kappa shape index (κ3) is 2.76. The van der Waals surface area contributed by atoms with Gasteiger partial charge in [0.2, 0.25) is 0 Å². The highest BCUT2D eigenvalue weighted by atomic mass is 14.1. The second-order valence-electron chi connectivity index (χ2n) is 4.44. The maximum atomic E-state index is 3.73. The monoisotopic (exact) mass is 172 g/mol. The van der Waals surface area contributed by atoms with E-state index in [0.29, 0.717) is 0 Å². The molecule has 0 radical (unpaired) electrons. The maximum Gasteiger partial charge on any atom is 0.114 e.